The summed E-state index contributed by atoms with van der Waals surface area (Å²) in [5.74, 6) is 0. The Morgan fingerprint density at radius 1 is 1.60 bits per heavy atom. The molecule has 0 aromatic rings. The van der Waals surface area contributed by atoms with E-state index in [1.165, 1.54) is 6.42 Å². The highest BCUT2D eigenvalue weighted by Gasteiger charge is 2.20. The van der Waals surface area contributed by atoms with Crippen LogP contribution in [-0.2, 0) is 4.74 Å². The van der Waals surface area contributed by atoms with Crippen LogP contribution in [0.25, 0.3) is 0 Å². The summed E-state index contributed by atoms with van der Waals surface area (Å²) < 4.78 is 5.56. The lowest BCUT2D eigenvalue weighted by atomic mass is 10.2. The Bertz CT molecular complexity index is 95.3. The lowest BCUT2D eigenvalue weighted by molar-refractivity contribution is 0.0662. The van der Waals surface area contributed by atoms with E-state index in [9.17, 15) is 0 Å². The first-order valence-electron chi connectivity index (χ1n) is 4.18. The molecule has 2 nitrogen and oxygen atoms in total. The predicted octanol–water partition coefficient (Wildman–Crippen LogP) is 1.16. The summed E-state index contributed by atoms with van der Waals surface area (Å²) >= 11 is 0. The summed E-state index contributed by atoms with van der Waals surface area (Å²) in [6.07, 6.45) is 2.79. The fraction of sp³-hybridized carbons (Fsp3) is 1.00. The van der Waals surface area contributed by atoms with Crippen LogP contribution < -0.4 is 5.32 Å². The Morgan fingerprint density at radius 2 is 2.40 bits per heavy atom. The van der Waals surface area contributed by atoms with E-state index in [0.29, 0.717) is 12.1 Å². The van der Waals surface area contributed by atoms with E-state index < -0.39 is 0 Å². The van der Waals surface area contributed by atoms with E-state index in [1.807, 2.05) is 0 Å². The van der Waals surface area contributed by atoms with Crippen LogP contribution in [0.5, 0.6) is 0 Å². The molecule has 0 saturated carbocycles. The van der Waals surface area contributed by atoms with Gasteiger partial charge in [0.05, 0.1) is 6.10 Å². The molecule has 2 heteroatoms. The zero-order valence-corrected chi connectivity index (χ0v) is 6.89. The SMILES string of the molecule is CCCO[C@H]1CN[C@H](C)C1. The van der Waals surface area contributed by atoms with Gasteiger partial charge in [-0.2, -0.15) is 0 Å². The van der Waals surface area contributed by atoms with Crippen molar-refractivity contribution in [2.75, 3.05) is 13.2 Å². The molecule has 1 rings (SSSR count). The highest BCUT2D eigenvalue weighted by Crippen LogP contribution is 2.09. The van der Waals surface area contributed by atoms with Gasteiger partial charge in [-0.1, -0.05) is 6.92 Å². The lowest BCUT2D eigenvalue weighted by Gasteiger charge is -2.08. The van der Waals surface area contributed by atoms with Crippen molar-refractivity contribution in [2.45, 2.75) is 38.8 Å². The summed E-state index contributed by atoms with van der Waals surface area (Å²) in [5.41, 5.74) is 0. The molecule has 1 N–H and O–H groups in total. The molecule has 1 heterocycles. The fourth-order valence-corrected chi connectivity index (χ4v) is 1.31. The Hall–Kier alpha value is -0.0800. The molecule has 0 amide bonds. The van der Waals surface area contributed by atoms with Gasteiger partial charge in [0.2, 0.25) is 0 Å². The van der Waals surface area contributed by atoms with Crippen molar-refractivity contribution in [2.24, 2.45) is 0 Å². The first-order valence-corrected chi connectivity index (χ1v) is 4.18. The van der Waals surface area contributed by atoms with Crippen molar-refractivity contribution in [3.8, 4) is 0 Å². The zero-order chi connectivity index (χ0) is 7.40. The van der Waals surface area contributed by atoms with Crippen LogP contribution >= 0.6 is 0 Å². The third-order valence-corrected chi connectivity index (χ3v) is 1.87. The molecule has 0 aromatic carbocycles. The van der Waals surface area contributed by atoms with E-state index in [2.05, 4.69) is 19.2 Å². The summed E-state index contributed by atoms with van der Waals surface area (Å²) in [6.45, 7) is 6.31. The van der Waals surface area contributed by atoms with Crippen LogP contribution in [0.4, 0.5) is 0 Å². The van der Waals surface area contributed by atoms with Crippen LogP contribution in [0.3, 0.4) is 0 Å². The summed E-state index contributed by atoms with van der Waals surface area (Å²) in [7, 11) is 0. The molecule has 60 valence electrons. The van der Waals surface area contributed by atoms with Gasteiger partial charge in [0.25, 0.3) is 0 Å². The molecule has 1 aliphatic heterocycles. The number of nitrogens with one attached hydrogen (secondary N) is 1. The maximum atomic E-state index is 5.56. The third kappa shape index (κ3) is 2.27. The molecule has 1 aliphatic rings. The van der Waals surface area contributed by atoms with Gasteiger partial charge in [-0.25, -0.2) is 0 Å². The van der Waals surface area contributed by atoms with Gasteiger partial charge in [-0.3, -0.25) is 0 Å². The summed E-state index contributed by atoms with van der Waals surface area (Å²) in [4.78, 5) is 0. The Labute approximate surface area is 63.0 Å². The molecule has 0 aliphatic carbocycles. The number of rotatable bonds is 3. The van der Waals surface area contributed by atoms with Gasteiger partial charge in [0.15, 0.2) is 0 Å². The highest BCUT2D eigenvalue weighted by atomic mass is 16.5. The second-order valence-electron chi connectivity index (χ2n) is 3.04. The van der Waals surface area contributed by atoms with Crippen LogP contribution in [-0.4, -0.2) is 25.3 Å². The third-order valence-electron chi connectivity index (χ3n) is 1.87. The summed E-state index contributed by atoms with van der Waals surface area (Å²) in [5, 5.41) is 3.35. The standard InChI is InChI=1S/C8H17NO/c1-3-4-10-8-5-7(2)9-6-8/h7-9H,3-6H2,1-2H3/t7-,8-/m1/s1. The molecule has 0 bridgehead atoms. The Kier molecular flexibility index (Phi) is 3.16. The zero-order valence-electron chi connectivity index (χ0n) is 6.89. The van der Waals surface area contributed by atoms with E-state index in [0.717, 1.165) is 19.6 Å². The maximum absolute atomic E-state index is 5.56. The van der Waals surface area contributed by atoms with E-state index in [-0.39, 0.29) is 0 Å². The van der Waals surface area contributed by atoms with Gasteiger partial charge in [0, 0.05) is 19.2 Å². The maximum Gasteiger partial charge on any atom is 0.0714 e. The van der Waals surface area contributed by atoms with Gasteiger partial charge in [-0.05, 0) is 19.8 Å². The van der Waals surface area contributed by atoms with E-state index in [1.54, 1.807) is 0 Å². The van der Waals surface area contributed by atoms with Gasteiger partial charge >= 0.3 is 0 Å². The molecular weight excluding hydrogens is 126 g/mol. The average molecular weight is 143 g/mol. The van der Waals surface area contributed by atoms with E-state index >= 15 is 0 Å². The summed E-state index contributed by atoms with van der Waals surface area (Å²) in [6, 6.07) is 0.654. The van der Waals surface area contributed by atoms with Crippen molar-refractivity contribution in [3.63, 3.8) is 0 Å². The molecule has 2 atom stereocenters. The molecule has 0 aromatic heterocycles. The number of ether oxygens (including phenoxy) is 1. The average Bonchev–Trinajstić information content (AvgIpc) is 2.31. The monoisotopic (exact) mass is 143 g/mol. The first-order chi connectivity index (χ1) is 4.83. The Morgan fingerprint density at radius 3 is 2.90 bits per heavy atom. The minimum Gasteiger partial charge on any atom is -0.377 e. The van der Waals surface area contributed by atoms with Crippen molar-refractivity contribution < 1.29 is 4.74 Å². The molecule has 1 saturated heterocycles. The largest absolute Gasteiger partial charge is 0.377 e. The van der Waals surface area contributed by atoms with Crippen LogP contribution in [0.2, 0.25) is 0 Å². The van der Waals surface area contributed by atoms with Crippen molar-refractivity contribution in [3.05, 3.63) is 0 Å². The van der Waals surface area contributed by atoms with Gasteiger partial charge in [-0.15, -0.1) is 0 Å². The highest BCUT2D eigenvalue weighted by molar-refractivity contribution is 4.78. The van der Waals surface area contributed by atoms with Gasteiger partial charge in [0.1, 0.15) is 0 Å². The second-order valence-corrected chi connectivity index (χ2v) is 3.04. The number of hydrogen-bond acceptors (Lipinski definition) is 2. The number of hydrogen-bond donors (Lipinski definition) is 1. The van der Waals surface area contributed by atoms with Crippen molar-refractivity contribution >= 4 is 0 Å². The quantitative estimate of drug-likeness (QED) is 0.640. The van der Waals surface area contributed by atoms with Gasteiger partial charge < -0.3 is 10.1 Å². The first kappa shape index (κ1) is 8.02. The molecule has 1 fully saturated rings. The van der Waals surface area contributed by atoms with Crippen LogP contribution in [0.1, 0.15) is 26.7 Å². The molecule has 10 heavy (non-hydrogen) atoms. The smallest absolute Gasteiger partial charge is 0.0714 e. The minimum atomic E-state index is 0.481. The minimum absolute atomic E-state index is 0.481. The predicted molar refractivity (Wildman–Crippen MR) is 42.1 cm³/mol. The topological polar surface area (TPSA) is 21.3 Å². The molecule has 0 radical (unpaired) electrons. The molecule has 0 unspecified atom stereocenters. The lowest BCUT2D eigenvalue weighted by Crippen LogP contribution is -2.19. The second kappa shape index (κ2) is 3.94. The Balaban J connectivity index is 2.06. The molecular formula is C8H17NO. The normalized spacial score (nSPS) is 33.0. The fourth-order valence-electron chi connectivity index (χ4n) is 1.31. The van der Waals surface area contributed by atoms with Crippen LogP contribution in [0.15, 0.2) is 0 Å². The van der Waals surface area contributed by atoms with Crippen molar-refractivity contribution in [1.29, 1.82) is 0 Å². The van der Waals surface area contributed by atoms with E-state index in [4.69, 9.17) is 4.74 Å². The van der Waals surface area contributed by atoms with Crippen LogP contribution in [0, 0.1) is 0 Å². The molecule has 0 spiro atoms. The van der Waals surface area contributed by atoms with Crippen molar-refractivity contribution in [1.82, 2.24) is 5.32 Å².